The third-order valence-electron chi connectivity index (χ3n) is 3.95. The van der Waals surface area contributed by atoms with Crippen LogP contribution in [0.3, 0.4) is 0 Å². The Hall–Kier alpha value is -0.900. The Morgan fingerprint density at radius 1 is 1.39 bits per heavy atom. The van der Waals surface area contributed by atoms with Gasteiger partial charge in [-0.05, 0) is 37.3 Å². The first kappa shape index (κ1) is 12.2. The lowest BCUT2D eigenvalue weighted by Gasteiger charge is -2.17. The summed E-state index contributed by atoms with van der Waals surface area (Å²) in [7, 11) is 0. The Morgan fingerprint density at radius 3 is 2.83 bits per heavy atom. The molecule has 1 heterocycles. The molecule has 1 aromatic heterocycles. The molecule has 1 saturated carbocycles. The number of aliphatic hydroxyl groups excluding tert-OH is 1. The third-order valence-corrected chi connectivity index (χ3v) is 5.25. The van der Waals surface area contributed by atoms with E-state index in [2.05, 4.69) is 42.6 Å². The summed E-state index contributed by atoms with van der Waals surface area (Å²) in [5.41, 5.74) is 0.185. The van der Waals surface area contributed by atoms with Crippen molar-refractivity contribution >= 4 is 21.4 Å². The molecule has 18 heavy (non-hydrogen) atoms. The molecule has 0 spiro atoms. The minimum absolute atomic E-state index is 0.185. The number of hydrogen-bond donors (Lipinski definition) is 2. The predicted molar refractivity (Wildman–Crippen MR) is 77.0 cm³/mol. The Labute approximate surface area is 112 Å². The maximum atomic E-state index is 9.32. The van der Waals surface area contributed by atoms with Gasteiger partial charge < -0.3 is 10.4 Å². The summed E-state index contributed by atoms with van der Waals surface area (Å²) in [5, 5.41) is 14.2. The van der Waals surface area contributed by atoms with Gasteiger partial charge in [-0.2, -0.15) is 0 Å². The van der Waals surface area contributed by atoms with Gasteiger partial charge in [0.25, 0.3) is 0 Å². The lowest BCUT2D eigenvalue weighted by Crippen LogP contribution is -2.28. The van der Waals surface area contributed by atoms with E-state index in [1.54, 1.807) is 0 Å². The predicted octanol–water partition coefficient (Wildman–Crippen LogP) is 3.32. The van der Waals surface area contributed by atoms with Crippen molar-refractivity contribution in [3.05, 3.63) is 35.2 Å². The molecule has 2 aromatic rings. The standard InChI is InChI=1S/C15H19NOS/c1-11(16-9-15(10-17)6-7-15)14-8-12-4-2-3-5-13(12)18-14/h2-5,8,11,16-17H,6-7,9-10H2,1H3. The zero-order valence-corrected chi connectivity index (χ0v) is 11.5. The van der Waals surface area contributed by atoms with Gasteiger partial charge in [-0.1, -0.05) is 18.2 Å². The van der Waals surface area contributed by atoms with Gasteiger partial charge >= 0.3 is 0 Å². The van der Waals surface area contributed by atoms with Crippen LogP contribution in [0.5, 0.6) is 0 Å². The van der Waals surface area contributed by atoms with Crippen LogP contribution in [-0.2, 0) is 0 Å². The van der Waals surface area contributed by atoms with Gasteiger partial charge in [0.15, 0.2) is 0 Å². The van der Waals surface area contributed by atoms with E-state index in [1.807, 2.05) is 11.3 Å². The molecule has 3 rings (SSSR count). The molecular weight excluding hydrogens is 242 g/mol. The van der Waals surface area contributed by atoms with Crippen molar-refractivity contribution in [2.45, 2.75) is 25.8 Å². The molecule has 1 atom stereocenters. The monoisotopic (exact) mass is 261 g/mol. The average molecular weight is 261 g/mol. The van der Waals surface area contributed by atoms with E-state index in [4.69, 9.17) is 0 Å². The second-order valence-electron chi connectivity index (χ2n) is 5.45. The summed E-state index contributed by atoms with van der Waals surface area (Å²) in [6.45, 7) is 3.45. The largest absolute Gasteiger partial charge is 0.396 e. The molecule has 3 heteroatoms. The number of aliphatic hydroxyl groups is 1. The summed E-state index contributed by atoms with van der Waals surface area (Å²) in [5.74, 6) is 0. The van der Waals surface area contributed by atoms with Crippen molar-refractivity contribution in [2.24, 2.45) is 5.41 Å². The minimum atomic E-state index is 0.185. The highest BCUT2D eigenvalue weighted by Gasteiger charge is 2.41. The molecule has 1 fully saturated rings. The van der Waals surface area contributed by atoms with Gasteiger partial charge in [-0.15, -0.1) is 11.3 Å². The summed E-state index contributed by atoms with van der Waals surface area (Å²) >= 11 is 1.86. The number of benzene rings is 1. The molecular formula is C15H19NOS. The molecule has 2 nitrogen and oxygen atoms in total. The molecule has 2 N–H and O–H groups in total. The lowest BCUT2D eigenvalue weighted by atomic mass is 10.1. The van der Waals surface area contributed by atoms with Crippen molar-refractivity contribution in [3.8, 4) is 0 Å². The van der Waals surface area contributed by atoms with Gasteiger partial charge in [0.2, 0.25) is 0 Å². The van der Waals surface area contributed by atoms with Crippen molar-refractivity contribution in [1.29, 1.82) is 0 Å². The van der Waals surface area contributed by atoms with Crippen molar-refractivity contribution < 1.29 is 5.11 Å². The van der Waals surface area contributed by atoms with E-state index in [0.717, 1.165) is 19.4 Å². The zero-order chi connectivity index (χ0) is 12.6. The highest BCUT2D eigenvalue weighted by molar-refractivity contribution is 7.19. The molecule has 0 bridgehead atoms. The molecule has 0 amide bonds. The number of rotatable bonds is 5. The highest BCUT2D eigenvalue weighted by atomic mass is 32.1. The van der Waals surface area contributed by atoms with Crippen molar-refractivity contribution in [1.82, 2.24) is 5.32 Å². The maximum Gasteiger partial charge on any atom is 0.0499 e. The SMILES string of the molecule is CC(NCC1(CO)CC1)c1cc2ccccc2s1. The molecule has 1 aliphatic carbocycles. The van der Waals surface area contributed by atoms with Gasteiger partial charge in [0.1, 0.15) is 0 Å². The molecule has 0 radical (unpaired) electrons. The molecule has 1 aromatic carbocycles. The van der Waals surface area contributed by atoms with Crippen LogP contribution in [0.2, 0.25) is 0 Å². The molecule has 0 saturated heterocycles. The van der Waals surface area contributed by atoms with Crippen molar-refractivity contribution in [3.63, 3.8) is 0 Å². The Bertz CT molecular complexity index is 511. The van der Waals surface area contributed by atoms with Crippen LogP contribution < -0.4 is 5.32 Å². The highest BCUT2D eigenvalue weighted by Crippen LogP contribution is 2.44. The Balaban J connectivity index is 1.69. The smallest absolute Gasteiger partial charge is 0.0499 e. The van der Waals surface area contributed by atoms with Crippen LogP contribution in [0.1, 0.15) is 30.7 Å². The van der Waals surface area contributed by atoms with Gasteiger partial charge in [-0.3, -0.25) is 0 Å². The first-order valence-electron chi connectivity index (χ1n) is 6.55. The van der Waals surface area contributed by atoms with Gasteiger partial charge in [0, 0.05) is 34.2 Å². The van der Waals surface area contributed by atoms with E-state index in [9.17, 15) is 5.11 Å². The Morgan fingerprint density at radius 2 is 2.17 bits per heavy atom. The van der Waals surface area contributed by atoms with E-state index >= 15 is 0 Å². The van der Waals surface area contributed by atoms with Crippen LogP contribution in [0.25, 0.3) is 10.1 Å². The topological polar surface area (TPSA) is 32.3 Å². The average Bonchev–Trinajstić information content (AvgIpc) is 3.05. The number of hydrogen-bond acceptors (Lipinski definition) is 3. The second kappa shape index (κ2) is 4.65. The third kappa shape index (κ3) is 2.30. The summed E-state index contributed by atoms with van der Waals surface area (Å²) in [6, 6.07) is 11.2. The van der Waals surface area contributed by atoms with Crippen LogP contribution >= 0.6 is 11.3 Å². The number of fused-ring (bicyclic) bond motifs is 1. The van der Waals surface area contributed by atoms with Crippen LogP contribution in [0.15, 0.2) is 30.3 Å². The van der Waals surface area contributed by atoms with Crippen LogP contribution in [-0.4, -0.2) is 18.3 Å². The quantitative estimate of drug-likeness (QED) is 0.865. The fourth-order valence-corrected chi connectivity index (χ4v) is 3.34. The lowest BCUT2D eigenvalue weighted by molar-refractivity contribution is 0.205. The fourth-order valence-electron chi connectivity index (χ4n) is 2.25. The first-order valence-corrected chi connectivity index (χ1v) is 7.37. The summed E-state index contributed by atoms with van der Waals surface area (Å²) < 4.78 is 1.35. The number of nitrogens with one attached hydrogen (secondary N) is 1. The normalized spacial score (nSPS) is 19.0. The van der Waals surface area contributed by atoms with E-state index in [-0.39, 0.29) is 5.41 Å². The molecule has 0 aliphatic heterocycles. The summed E-state index contributed by atoms with van der Waals surface area (Å²) in [6.07, 6.45) is 2.32. The fraction of sp³-hybridized carbons (Fsp3) is 0.467. The van der Waals surface area contributed by atoms with Crippen LogP contribution in [0.4, 0.5) is 0 Å². The van der Waals surface area contributed by atoms with E-state index in [0.29, 0.717) is 12.6 Å². The molecule has 1 unspecified atom stereocenters. The van der Waals surface area contributed by atoms with Gasteiger partial charge in [-0.25, -0.2) is 0 Å². The maximum absolute atomic E-state index is 9.32. The summed E-state index contributed by atoms with van der Waals surface area (Å²) in [4.78, 5) is 1.38. The second-order valence-corrected chi connectivity index (χ2v) is 6.56. The number of thiophene rings is 1. The minimum Gasteiger partial charge on any atom is -0.396 e. The van der Waals surface area contributed by atoms with Crippen LogP contribution in [0, 0.1) is 5.41 Å². The van der Waals surface area contributed by atoms with E-state index in [1.165, 1.54) is 15.0 Å². The Kier molecular flexibility index (Phi) is 3.14. The van der Waals surface area contributed by atoms with E-state index < -0.39 is 0 Å². The first-order chi connectivity index (χ1) is 8.72. The molecule has 1 aliphatic rings. The van der Waals surface area contributed by atoms with Gasteiger partial charge in [0.05, 0.1) is 0 Å². The molecule has 96 valence electrons. The van der Waals surface area contributed by atoms with Crippen molar-refractivity contribution in [2.75, 3.05) is 13.2 Å². The zero-order valence-electron chi connectivity index (χ0n) is 10.6.